The molecule has 0 aliphatic rings. The van der Waals surface area contributed by atoms with Crippen molar-refractivity contribution in [3.63, 3.8) is 0 Å². The van der Waals surface area contributed by atoms with Gasteiger partial charge in [-0.2, -0.15) is 0 Å². The second-order valence-corrected chi connectivity index (χ2v) is 14.5. The highest BCUT2D eigenvalue weighted by Gasteiger charge is 2.21. The van der Waals surface area contributed by atoms with E-state index in [1.807, 2.05) is 6.20 Å². The summed E-state index contributed by atoms with van der Waals surface area (Å²) in [6.07, 6.45) is 2.05. The number of pyridine rings is 1. The number of benzene rings is 8. The van der Waals surface area contributed by atoms with Gasteiger partial charge in [0.2, 0.25) is 0 Å². The molecule has 0 atom stereocenters. The number of fused-ring (bicyclic) bond motifs is 4. The lowest BCUT2D eigenvalue weighted by atomic mass is 9.81. The van der Waals surface area contributed by atoms with E-state index in [1.54, 1.807) is 0 Å². The molecule has 2 nitrogen and oxygen atoms in total. The maximum atomic E-state index is 4.91. The van der Waals surface area contributed by atoms with Crippen molar-refractivity contribution in [2.45, 2.75) is 26.2 Å². The second-order valence-electron chi connectivity index (χ2n) is 14.5. The third-order valence-corrected chi connectivity index (χ3v) is 10.5. The number of rotatable bonds is 3. The zero-order valence-electron chi connectivity index (χ0n) is 27.8. The van der Waals surface area contributed by atoms with Gasteiger partial charge >= 0.3 is 0 Å². The van der Waals surface area contributed by atoms with Crippen molar-refractivity contribution < 1.29 is 0 Å². The average Bonchev–Trinajstić information content (AvgIpc) is 3.47. The first-order chi connectivity index (χ1) is 23.9. The van der Waals surface area contributed by atoms with E-state index >= 15 is 0 Å². The summed E-state index contributed by atoms with van der Waals surface area (Å²) >= 11 is 0. The smallest absolute Gasteiger partial charge is 0.0702 e. The van der Waals surface area contributed by atoms with Gasteiger partial charge in [-0.15, -0.1) is 0 Å². The maximum Gasteiger partial charge on any atom is 0.0702 e. The molecule has 10 rings (SSSR count). The van der Waals surface area contributed by atoms with Gasteiger partial charge in [-0.3, -0.25) is 4.98 Å². The van der Waals surface area contributed by atoms with Gasteiger partial charge in [0.1, 0.15) is 0 Å². The molecular formula is C47H34N2. The SMILES string of the molecule is CC(C)(C)c1cc2ccc3c(-c4cccc(-n5c6ccccc6c6ccccc65)c4)cc(-c4cnc5ccccc5c4)c4ccc(c1)c2c34. The van der Waals surface area contributed by atoms with Crippen molar-refractivity contribution in [1.29, 1.82) is 0 Å². The molecule has 0 radical (unpaired) electrons. The van der Waals surface area contributed by atoms with Crippen LogP contribution in [-0.2, 0) is 5.41 Å². The molecule has 0 N–H and O–H groups in total. The highest BCUT2D eigenvalue weighted by atomic mass is 15.0. The largest absolute Gasteiger partial charge is 0.309 e. The van der Waals surface area contributed by atoms with E-state index in [1.165, 1.54) is 76.4 Å². The van der Waals surface area contributed by atoms with Crippen LogP contribution in [0.1, 0.15) is 26.3 Å². The zero-order chi connectivity index (χ0) is 32.9. The van der Waals surface area contributed by atoms with Crippen molar-refractivity contribution >= 4 is 65.0 Å². The molecule has 0 amide bonds. The Balaban J connectivity index is 1.29. The van der Waals surface area contributed by atoms with Gasteiger partial charge in [-0.1, -0.05) is 124 Å². The summed E-state index contributed by atoms with van der Waals surface area (Å²) < 4.78 is 2.41. The van der Waals surface area contributed by atoms with E-state index in [-0.39, 0.29) is 5.41 Å². The molecule has 10 aromatic rings. The normalized spacial score (nSPS) is 12.4. The van der Waals surface area contributed by atoms with Crippen molar-refractivity contribution in [2.24, 2.45) is 0 Å². The highest BCUT2D eigenvalue weighted by molar-refractivity contribution is 6.28. The van der Waals surface area contributed by atoms with Crippen molar-refractivity contribution in [2.75, 3.05) is 0 Å². The van der Waals surface area contributed by atoms with Crippen LogP contribution >= 0.6 is 0 Å². The molecule has 2 aromatic heterocycles. The summed E-state index contributed by atoms with van der Waals surface area (Å²) in [6, 6.07) is 53.8. The first kappa shape index (κ1) is 28.1. The van der Waals surface area contributed by atoms with E-state index in [9.17, 15) is 0 Å². The van der Waals surface area contributed by atoms with Gasteiger partial charge < -0.3 is 4.57 Å². The lowest BCUT2D eigenvalue weighted by Gasteiger charge is -2.23. The number of nitrogens with zero attached hydrogens (tertiary/aromatic N) is 2. The molecule has 0 saturated carbocycles. The highest BCUT2D eigenvalue weighted by Crippen LogP contribution is 2.45. The molecule has 2 heterocycles. The predicted octanol–water partition coefficient (Wildman–Crippen LogP) is 12.9. The molecular weight excluding hydrogens is 593 g/mol. The van der Waals surface area contributed by atoms with E-state index in [0.29, 0.717) is 0 Å². The van der Waals surface area contributed by atoms with E-state index in [0.717, 1.165) is 22.2 Å². The minimum absolute atomic E-state index is 0.0603. The van der Waals surface area contributed by atoms with Crippen LogP contribution in [0.3, 0.4) is 0 Å². The predicted molar refractivity (Wildman–Crippen MR) is 209 cm³/mol. The Hall–Kier alpha value is -5.99. The third kappa shape index (κ3) is 4.24. The van der Waals surface area contributed by atoms with E-state index in [2.05, 4.69) is 171 Å². The van der Waals surface area contributed by atoms with Gasteiger partial charge in [-0.25, -0.2) is 0 Å². The van der Waals surface area contributed by atoms with Crippen LogP contribution in [0.2, 0.25) is 0 Å². The molecule has 8 aromatic carbocycles. The fraction of sp³-hybridized carbons (Fsp3) is 0.0851. The molecule has 0 bridgehead atoms. The number of hydrogen-bond acceptors (Lipinski definition) is 1. The molecule has 0 saturated heterocycles. The van der Waals surface area contributed by atoms with Gasteiger partial charge in [0.25, 0.3) is 0 Å². The first-order valence-electron chi connectivity index (χ1n) is 17.1. The standard InChI is InChI=1S/C47H34N2/c1-47(2,3)34-24-31-19-21-38-40(29-12-10-13-35(26-29)49-43-17-8-5-14-36(43)37-15-6-9-18-44(37)49)27-41(39-22-20-32(25-34)45(31)46(38)39)33-23-30-11-4-7-16-42(30)48-28-33/h4-28H,1-3H3. The molecule has 0 spiro atoms. The molecule has 2 heteroatoms. The molecule has 0 fully saturated rings. The molecule has 0 aliphatic carbocycles. The first-order valence-corrected chi connectivity index (χ1v) is 17.1. The Labute approximate surface area is 285 Å². The van der Waals surface area contributed by atoms with Crippen LogP contribution in [0.5, 0.6) is 0 Å². The summed E-state index contributed by atoms with van der Waals surface area (Å²) in [5, 5.41) is 11.5. The van der Waals surface area contributed by atoms with Gasteiger partial charge in [0.15, 0.2) is 0 Å². The average molecular weight is 627 g/mol. The Morgan fingerprint density at radius 2 is 1.10 bits per heavy atom. The number of hydrogen-bond donors (Lipinski definition) is 0. The summed E-state index contributed by atoms with van der Waals surface area (Å²) in [5.41, 5.74) is 10.8. The Morgan fingerprint density at radius 1 is 0.469 bits per heavy atom. The Kier molecular flexibility index (Phi) is 5.87. The minimum Gasteiger partial charge on any atom is -0.309 e. The maximum absolute atomic E-state index is 4.91. The molecule has 49 heavy (non-hydrogen) atoms. The van der Waals surface area contributed by atoms with Gasteiger partial charge in [0, 0.05) is 33.6 Å². The summed E-state index contributed by atoms with van der Waals surface area (Å²) in [4.78, 5) is 4.91. The van der Waals surface area contributed by atoms with Crippen LogP contribution < -0.4 is 0 Å². The summed E-state index contributed by atoms with van der Waals surface area (Å²) in [6.45, 7) is 6.90. The van der Waals surface area contributed by atoms with Crippen LogP contribution in [0.25, 0.3) is 93.0 Å². The van der Waals surface area contributed by atoms with Crippen molar-refractivity contribution in [3.05, 3.63) is 157 Å². The van der Waals surface area contributed by atoms with Crippen molar-refractivity contribution in [1.82, 2.24) is 9.55 Å². The Morgan fingerprint density at radius 3 is 1.80 bits per heavy atom. The fourth-order valence-electron chi connectivity index (χ4n) is 8.06. The number of para-hydroxylation sites is 3. The lowest BCUT2D eigenvalue weighted by Crippen LogP contribution is -2.10. The summed E-state index contributed by atoms with van der Waals surface area (Å²) in [5.74, 6) is 0. The fourth-order valence-corrected chi connectivity index (χ4v) is 8.06. The number of aromatic nitrogens is 2. The van der Waals surface area contributed by atoms with Crippen LogP contribution in [0.4, 0.5) is 0 Å². The zero-order valence-corrected chi connectivity index (χ0v) is 27.8. The molecule has 0 unspecified atom stereocenters. The summed E-state index contributed by atoms with van der Waals surface area (Å²) in [7, 11) is 0. The monoisotopic (exact) mass is 626 g/mol. The van der Waals surface area contributed by atoms with E-state index < -0.39 is 0 Å². The Bertz CT molecular complexity index is 2850. The van der Waals surface area contributed by atoms with Crippen LogP contribution in [-0.4, -0.2) is 9.55 Å². The minimum atomic E-state index is 0.0603. The van der Waals surface area contributed by atoms with Crippen LogP contribution in [0, 0.1) is 0 Å². The molecule has 232 valence electrons. The topological polar surface area (TPSA) is 17.8 Å². The second kappa shape index (κ2) is 10.3. The third-order valence-electron chi connectivity index (χ3n) is 10.5. The molecule has 0 aliphatic heterocycles. The van der Waals surface area contributed by atoms with Gasteiger partial charge in [-0.05, 0) is 102 Å². The van der Waals surface area contributed by atoms with Crippen molar-refractivity contribution in [3.8, 4) is 27.9 Å². The quantitative estimate of drug-likeness (QED) is 0.178. The van der Waals surface area contributed by atoms with Gasteiger partial charge in [0.05, 0.1) is 16.6 Å². The lowest BCUT2D eigenvalue weighted by molar-refractivity contribution is 0.591. The van der Waals surface area contributed by atoms with Crippen LogP contribution in [0.15, 0.2) is 152 Å². The van der Waals surface area contributed by atoms with E-state index in [4.69, 9.17) is 4.98 Å².